The molecule has 5 heteroatoms. The lowest BCUT2D eigenvalue weighted by Crippen LogP contribution is -2.03. The Hall–Kier alpha value is -2.27. The van der Waals surface area contributed by atoms with Crippen molar-refractivity contribution in [2.45, 2.75) is 13.2 Å². The second kappa shape index (κ2) is 5.16. The van der Waals surface area contributed by atoms with Gasteiger partial charge >= 0.3 is 0 Å². The zero-order chi connectivity index (χ0) is 13.1. The predicted molar refractivity (Wildman–Crippen MR) is 69.0 cm³/mol. The van der Waals surface area contributed by atoms with E-state index in [4.69, 9.17) is 19.9 Å². The first kappa shape index (κ1) is 11.8. The Kier molecular flexibility index (Phi) is 3.20. The van der Waals surface area contributed by atoms with Gasteiger partial charge in [0.2, 0.25) is 6.79 Å². The summed E-state index contributed by atoms with van der Waals surface area (Å²) in [5.74, 6) is 2.13. The minimum absolute atomic E-state index is 0.241. The molecule has 1 aromatic heterocycles. The minimum Gasteiger partial charge on any atom is -0.488 e. The molecule has 0 fully saturated rings. The Morgan fingerprint density at radius 2 is 2.11 bits per heavy atom. The highest BCUT2D eigenvalue weighted by atomic mass is 16.7. The second-order valence-corrected chi connectivity index (χ2v) is 4.17. The van der Waals surface area contributed by atoms with E-state index >= 15 is 0 Å². The van der Waals surface area contributed by atoms with Gasteiger partial charge in [-0.3, -0.25) is 4.98 Å². The van der Waals surface area contributed by atoms with Crippen LogP contribution in [0.1, 0.15) is 11.1 Å². The van der Waals surface area contributed by atoms with Crippen molar-refractivity contribution in [2.75, 3.05) is 6.79 Å². The fraction of sp³-hybridized carbons (Fsp3) is 0.214. The highest BCUT2D eigenvalue weighted by Crippen LogP contribution is 2.38. The van der Waals surface area contributed by atoms with Gasteiger partial charge in [0.05, 0.1) is 0 Å². The summed E-state index contributed by atoms with van der Waals surface area (Å²) in [6.45, 7) is 1.07. The van der Waals surface area contributed by atoms with E-state index in [0.717, 1.165) is 16.9 Å². The quantitative estimate of drug-likeness (QED) is 0.906. The first-order valence-corrected chi connectivity index (χ1v) is 6.01. The van der Waals surface area contributed by atoms with Gasteiger partial charge < -0.3 is 19.9 Å². The fourth-order valence-corrected chi connectivity index (χ4v) is 1.90. The number of hydrogen-bond acceptors (Lipinski definition) is 5. The van der Waals surface area contributed by atoms with E-state index in [0.29, 0.717) is 24.7 Å². The van der Waals surface area contributed by atoms with Crippen LogP contribution in [0.25, 0.3) is 0 Å². The molecule has 0 amide bonds. The molecule has 0 aliphatic carbocycles. The lowest BCUT2D eigenvalue weighted by molar-refractivity contribution is 0.173. The van der Waals surface area contributed by atoms with Crippen LogP contribution in [0.5, 0.6) is 17.2 Å². The summed E-state index contributed by atoms with van der Waals surface area (Å²) in [7, 11) is 0. The normalized spacial score (nSPS) is 12.5. The number of ether oxygens (including phenoxy) is 3. The SMILES string of the molecule is NCc1cc2c(cc1OCc1cccnc1)OCO2. The average Bonchev–Trinajstić information content (AvgIpc) is 2.92. The summed E-state index contributed by atoms with van der Waals surface area (Å²) in [4.78, 5) is 4.05. The van der Waals surface area contributed by atoms with Gasteiger partial charge in [0.15, 0.2) is 11.5 Å². The molecule has 0 saturated carbocycles. The number of aromatic nitrogens is 1. The van der Waals surface area contributed by atoms with Crippen molar-refractivity contribution in [3.8, 4) is 17.2 Å². The zero-order valence-electron chi connectivity index (χ0n) is 10.3. The van der Waals surface area contributed by atoms with E-state index in [2.05, 4.69) is 4.98 Å². The number of nitrogens with zero attached hydrogens (tertiary/aromatic N) is 1. The van der Waals surface area contributed by atoms with Crippen LogP contribution in [0.2, 0.25) is 0 Å². The summed E-state index contributed by atoms with van der Waals surface area (Å²) in [5.41, 5.74) is 7.62. The molecule has 0 atom stereocenters. The fourth-order valence-electron chi connectivity index (χ4n) is 1.90. The summed E-state index contributed by atoms with van der Waals surface area (Å²) in [6, 6.07) is 7.52. The van der Waals surface area contributed by atoms with Crippen LogP contribution in [0.3, 0.4) is 0 Å². The topological polar surface area (TPSA) is 66.6 Å². The van der Waals surface area contributed by atoms with Crippen molar-refractivity contribution in [3.05, 3.63) is 47.8 Å². The third-order valence-electron chi connectivity index (χ3n) is 2.89. The highest BCUT2D eigenvalue weighted by molar-refractivity contribution is 5.51. The van der Waals surface area contributed by atoms with E-state index in [1.54, 1.807) is 12.4 Å². The first-order chi connectivity index (χ1) is 9.36. The molecule has 0 unspecified atom stereocenters. The number of hydrogen-bond donors (Lipinski definition) is 1. The summed E-state index contributed by atoms with van der Waals surface area (Å²) >= 11 is 0. The monoisotopic (exact) mass is 258 g/mol. The lowest BCUT2D eigenvalue weighted by atomic mass is 10.1. The molecule has 1 aliphatic rings. The van der Waals surface area contributed by atoms with E-state index in [-0.39, 0.29) is 6.79 Å². The Morgan fingerprint density at radius 1 is 1.26 bits per heavy atom. The Morgan fingerprint density at radius 3 is 2.84 bits per heavy atom. The first-order valence-electron chi connectivity index (χ1n) is 6.01. The molecule has 2 heterocycles. The number of fused-ring (bicyclic) bond motifs is 1. The van der Waals surface area contributed by atoms with Crippen LogP contribution in [-0.2, 0) is 13.2 Å². The molecule has 2 N–H and O–H groups in total. The zero-order valence-corrected chi connectivity index (χ0v) is 10.3. The van der Waals surface area contributed by atoms with Crippen LogP contribution >= 0.6 is 0 Å². The van der Waals surface area contributed by atoms with E-state index in [1.165, 1.54) is 0 Å². The van der Waals surface area contributed by atoms with Gasteiger partial charge in [0.25, 0.3) is 0 Å². The number of nitrogens with two attached hydrogens (primary N) is 1. The van der Waals surface area contributed by atoms with Crippen molar-refractivity contribution >= 4 is 0 Å². The van der Waals surface area contributed by atoms with Crippen molar-refractivity contribution in [1.29, 1.82) is 0 Å². The standard InChI is InChI=1S/C14H14N2O3/c15-6-11-4-13-14(19-9-18-13)5-12(11)17-8-10-2-1-3-16-7-10/h1-5,7H,6,8-9,15H2. The molecule has 19 heavy (non-hydrogen) atoms. The third-order valence-corrected chi connectivity index (χ3v) is 2.89. The van der Waals surface area contributed by atoms with E-state index in [9.17, 15) is 0 Å². The molecule has 1 aliphatic heterocycles. The van der Waals surface area contributed by atoms with Gasteiger partial charge in [-0.05, 0) is 12.1 Å². The average molecular weight is 258 g/mol. The van der Waals surface area contributed by atoms with Gasteiger partial charge in [-0.2, -0.15) is 0 Å². The van der Waals surface area contributed by atoms with Crippen molar-refractivity contribution in [1.82, 2.24) is 4.98 Å². The molecule has 2 aromatic rings. The maximum atomic E-state index is 5.78. The molecule has 3 rings (SSSR count). The van der Waals surface area contributed by atoms with Gasteiger partial charge in [-0.1, -0.05) is 6.07 Å². The van der Waals surface area contributed by atoms with Crippen molar-refractivity contribution in [2.24, 2.45) is 5.73 Å². The maximum absolute atomic E-state index is 5.78. The molecule has 5 nitrogen and oxygen atoms in total. The number of benzene rings is 1. The summed E-state index contributed by atoms with van der Waals surface area (Å²) in [5, 5.41) is 0. The minimum atomic E-state index is 0.241. The molecule has 0 radical (unpaired) electrons. The van der Waals surface area contributed by atoms with Crippen molar-refractivity contribution in [3.63, 3.8) is 0 Å². The van der Waals surface area contributed by atoms with Gasteiger partial charge in [-0.25, -0.2) is 0 Å². The Bertz CT molecular complexity index is 572. The summed E-state index contributed by atoms with van der Waals surface area (Å²) < 4.78 is 16.4. The molecule has 1 aromatic carbocycles. The smallest absolute Gasteiger partial charge is 0.231 e. The van der Waals surface area contributed by atoms with Crippen LogP contribution < -0.4 is 19.9 Å². The third kappa shape index (κ3) is 2.46. The van der Waals surface area contributed by atoms with Crippen LogP contribution in [-0.4, -0.2) is 11.8 Å². The molecular formula is C14H14N2O3. The van der Waals surface area contributed by atoms with Crippen LogP contribution in [0.15, 0.2) is 36.7 Å². The van der Waals surface area contributed by atoms with Crippen molar-refractivity contribution < 1.29 is 14.2 Å². The number of pyridine rings is 1. The summed E-state index contributed by atoms with van der Waals surface area (Å²) in [6.07, 6.45) is 3.50. The van der Waals surface area contributed by atoms with E-state index < -0.39 is 0 Å². The van der Waals surface area contributed by atoms with Crippen LogP contribution in [0.4, 0.5) is 0 Å². The second-order valence-electron chi connectivity index (χ2n) is 4.17. The Labute approximate surface area is 110 Å². The van der Waals surface area contributed by atoms with Gasteiger partial charge in [-0.15, -0.1) is 0 Å². The van der Waals surface area contributed by atoms with Gasteiger partial charge in [0.1, 0.15) is 12.4 Å². The van der Waals surface area contributed by atoms with Crippen LogP contribution in [0, 0.1) is 0 Å². The van der Waals surface area contributed by atoms with Gasteiger partial charge in [0, 0.05) is 36.1 Å². The maximum Gasteiger partial charge on any atom is 0.231 e. The van der Waals surface area contributed by atoms with E-state index in [1.807, 2.05) is 24.3 Å². The highest BCUT2D eigenvalue weighted by Gasteiger charge is 2.17. The predicted octanol–water partition coefficient (Wildman–Crippen LogP) is 1.85. The number of rotatable bonds is 4. The molecule has 98 valence electrons. The largest absolute Gasteiger partial charge is 0.488 e. The lowest BCUT2D eigenvalue weighted by Gasteiger charge is -2.11. The Balaban J connectivity index is 1.80. The molecular weight excluding hydrogens is 244 g/mol. The molecule has 0 saturated heterocycles. The molecule has 0 spiro atoms. The molecule has 0 bridgehead atoms.